The fourth-order valence-electron chi connectivity index (χ4n) is 5.14. The second kappa shape index (κ2) is 12.5. The summed E-state index contributed by atoms with van der Waals surface area (Å²) in [5.74, 6) is -1.66. The first kappa shape index (κ1) is 31.9. The van der Waals surface area contributed by atoms with Crippen molar-refractivity contribution in [2.45, 2.75) is 61.4 Å². The number of aromatic hydroxyl groups is 2. The van der Waals surface area contributed by atoms with E-state index in [9.17, 15) is 50.8 Å². The van der Waals surface area contributed by atoms with Crippen LogP contribution in [0.5, 0.6) is 28.7 Å². The Balaban J connectivity index is 1.48. The smallest absolute Gasteiger partial charge is 0.229 e. The van der Waals surface area contributed by atoms with Crippen LogP contribution in [0.2, 0.25) is 0 Å². The number of benzene rings is 2. The number of aliphatic hydroxyl groups is 7. The van der Waals surface area contributed by atoms with E-state index in [-0.39, 0.29) is 33.4 Å². The van der Waals surface area contributed by atoms with Crippen molar-refractivity contribution in [2.24, 2.45) is 0 Å². The molecular formula is C27H32O17. The van der Waals surface area contributed by atoms with E-state index in [2.05, 4.69) is 0 Å². The molecule has 2 aromatic carbocycles. The summed E-state index contributed by atoms with van der Waals surface area (Å²) in [6.07, 6.45) is -16.9. The lowest BCUT2D eigenvalue weighted by atomic mass is 9.98. The average Bonchev–Trinajstić information content (AvgIpc) is 3.00. The van der Waals surface area contributed by atoms with Gasteiger partial charge >= 0.3 is 0 Å². The number of ether oxygens (including phenoxy) is 6. The van der Waals surface area contributed by atoms with Crippen LogP contribution >= 0.6 is 0 Å². The van der Waals surface area contributed by atoms with Crippen molar-refractivity contribution in [1.82, 2.24) is 0 Å². The van der Waals surface area contributed by atoms with Crippen LogP contribution in [0, 0.1) is 0 Å². The summed E-state index contributed by atoms with van der Waals surface area (Å²) in [4.78, 5) is 13.7. The summed E-state index contributed by atoms with van der Waals surface area (Å²) in [6, 6.07) is 3.51. The molecule has 2 saturated heterocycles. The zero-order chi connectivity index (χ0) is 32.0. The molecule has 5 rings (SSSR count). The monoisotopic (exact) mass is 628 g/mol. The second-order valence-corrected chi connectivity index (χ2v) is 10.2. The van der Waals surface area contributed by atoms with E-state index in [1.54, 1.807) is 0 Å². The third-order valence-electron chi connectivity index (χ3n) is 7.55. The van der Waals surface area contributed by atoms with Gasteiger partial charge in [-0.1, -0.05) is 0 Å². The van der Waals surface area contributed by atoms with Crippen molar-refractivity contribution in [3.8, 4) is 28.7 Å². The molecule has 0 saturated carbocycles. The van der Waals surface area contributed by atoms with Gasteiger partial charge in [-0.3, -0.25) is 4.79 Å². The largest absolute Gasteiger partial charge is 0.507 e. The van der Waals surface area contributed by atoms with Crippen molar-refractivity contribution in [2.75, 3.05) is 27.4 Å². The first-order valence-corrected chi connectivity index (χ1v) is 13.3. The lowest BCUT2D eigenvalue weighted by Crippen LogP contribution is -2.62. The maximum atomic E-state index is 13.7. The summed E-state index contributed by atoms with van der Waals surface area (Å²) >= 11 is 0. The standard InChI is InChI=1S/C27H32O17/c1-38-10-4-3-8(29)14-18(33)15-11(5-9(30)23(39-2)25(15)44-24(10)14)41-27-22(37)20(35)17(32)13(43-27)7-40-26-21(36)19(34)16(31)12(6-28)42-26/h3-5,12-13,16-17,19-22,26-32,34-37H,6-7H2,1-2H3/t12-,13-,16-,17-,19-,20-,21-,22-,26+,27-/m0/s1. The van der Waals surface area contributed by atoms with E-state index in [0.717, 1.165) is 6.07 Å². The Morgan fingerprint density at radius 2 is 1.36 bits per heavy atom. The summed E-state index contributed by atoms with van der Waals surface area (Å²) in [5.41, 5.74) is -1.34. The minimum atomic E-state index is -1.92. The number of phenols is 2. The molecule has 1 aromatic heterocycles. The van der Waals surface area contributed by atoms with Gasteiger partial charge in [0.1, 0.15) is 71.1 Å². The first-order valence-electron chi connectivity index (χ1n) is 13.3. The molecule has 2 aliphatic heterocycles. The summed E-state index contributed by atoms with van der Waals surface area (Å²) in [7, 11) is 2.51. The Bertz CT molecular complexity index is 1560. The van der Waals surface area contributed by atoms with Crippen LogP contribution in [0.4, 0.5) is 0 Å². The van der Waals surface area contributed by atoms with E-state index in [4.69, 9.17) is 32.8 Å². The molecule has 2 fully saturated rings. The van der Waals surface area contributed by atoms with Crippen LogP contribution in [0.3, 0.4) is 0 Å². The van der Waals surface area contributed by atoms with E-state index in [1.165, 1.54) is 26.4 Å². The predicted octanol–water partition coefficient (Wildman–Crippen LogP) is -2.62. The molecule has 44 heavy (non-hydrogen) atoms. The number of methoxy groups -OCH3 is 2. The predicted molar refractivity (Wildman–Crippen MR) is 143 cm³/mol. The topological polar surface area (TPSA) is 268 Å². The Kier molecular flexibility index (Phi) is 9.06. The molecule has 0 aliphatic carbocycles. The number of aliphatic hydroxyl groups excluding tert-OH is 7. The summed E-state index contributed by atoms with van der Waals surface area (Å²) in [5, 5.41) is 91.8. The Morgan fingerprint density at radius 3 is 2.00 bits per heavy atom. The number of rotatable bonds is 8. The molecule has 0 unspecified atom stereocenters. The Morgan fingerprint density at radius 1 is 0.727 bits per heavy atom. The van der Waals surface area contributed by atoms with Gasteiger partial charge in [-0.15, -0.1) is 0 Å². The fourth-order valence-corrected chi connectivity index (χ4v) is 5.14. The lowest BCUT2D eigenvalue weighted by molar-refractivity contribution is -0.323. The van der Waals surface area contributed by atoms with Crippen LogP contribution in [0.25, 0.3) is 21.9 Å². The van der Waals surface area contributed by atoms with Crippen molar-refractivity contribution < 1.29 is 78.8 Å². The van der Waals surface area contributed by atoms with Gasteiger partial charge in [-0.2, -0.15) is 0 Å². The highest BCUT2D eigenvalue weighted by molar-refractivity contribution is 6.01. The lowest BCUT2D eigenvalue weighted by Gasteiger charge is -2.42. The van der Waals surface area contributed by atoms with Crippen LogP contribution in [0.1, 0.15) is 0 Å². The second-order valence-electron chi connectivity index (χ2n) is 10.2. The molecule has 17 nitrogen and oxygen atoms in total. The minimum absolute atomic E-state index is 0.0788. The van der Waals surface area contributed by atoms with Gasteiger partial charge in [0.05, 0.1) is 27.4 Å². The van der Waals surface area contributed by atoms with Gasteiger partial charge in [0.25, 0.3) is 0 Å². The molecule has 0 amide bonds. The molecule has 3 heterocycles. The molecule has 10 atom stereocenters. The zero-order valence-electron chi connectivity index (χ0n) is 23.2. The quantitative estimate of drug-likeness (QED) is 0.116. The maximum Gasteiger partial charge on any atom is 0.229 e. The van der Waals surface area contributed by atoms with Gasteiger partial charge in [-0.25, -0.2) is 0 Å². The van der Waals surface area contributed by atoms with E-state index >= 15 is 0 Å². The van der Waals surface area contributed by atoms with Gasteiger partial charge in [0.2, 0.25) is 17.5 Å². The van der Waals surface area contributed by atoms with E-state index in [1.807, 2.05) is 0 Å². The molecule has 0 spiro atoms. The highest BCUT2D eigenvalue weighted by Crippen LogP contribution is 2.43. The molecular weight excluding hydrogens is 596 g/mol. The molecule has 3 aromatic rings. The van der Waals surface area contributed by atoms with Gasteiger partial charge < -0.3 is 78.8 Å². The molecule has 2 aliphatic rings. The normalized spacial score (nSPS) is 32.6. The summed E-state index contributed by atoms with van der Waals surface area (Å²) < 4.78 is 38.3. The van der Waals surface area contributed by atoms with E-state index in [0.29, 0.717) is 0 Å². The maximum absolute atomic E-state index is 13.7. The van der Waals surface area contributed by atoms with Gasteiger partial charge in [-0.05, 0) is 12.1 Å². The molecule has 0 radical (unpaired) electrons. The molecule has 17 heteroatoms. The molecule has 0 bridgehead atoms. The Hall–Kier alpha value is -3.49. The third-order valence-corrected chi connectivity index (χ3v) is 7.55. The van der Waals surface area contributed by atoms with Gasteiger partial charge in [0.15, 0.2) is 29.0 Å². The number of phenolic OH excluding ortho intramolecular Hbond substituents is 2. The third kappa shape index (κ3) is 5.36. The average molecular weight is 629 g/mol. The molecule has 242 valence electrons. The first-order chi connectivity index (χ1) is 20.9. The van der Waals surface area contributed by atoms with Crippen molar-refractivity contribution in [3.63, 3.8) is 0 Å². The minimum Gasteiger partial charge on any atom is -0.507 e. The SMILES string of the molecule is COc1ccc(O)c2c(=O)c3c(O[C@H]4O[C@@H](CO[C@@H]5O[C@@H](CO)[C@H](O)[C@H](O)[C@@H]5O)[C@H](O)[C@H](O)[C@@H]4O)cc(O)c(OC)c3oc12. The number of hydrogen-bond donors (Lipinski definition) is 9. The molecule has 9 N–H and O–H groups in total. The Labute approximate surface area is 247 Å². The van der Waals surface area contributed by atoms with Crippen molar-refractivity contribution in [3.05, 3.63) is 28.4 Å². The number of fused-ring (bicyclic) bond motifs is 2. The zero-order valence-corrected chi connectivity index (χ0v) is 23.2. The van der Waals surface area contributed by atoms with Crippen LogP contribution in [0.15, 0.2) is 27.4 Å². The van der Waals surface area contributed by atoms with Crippen LogP contribution in [-0.2, 0) is 14.2 Å². The fraction of sp³-hybridized carbons (Fsp3) is 0.519. The summed E-state index contributed by atoms with van der Waals surface area (Å²) in [6.45, 7) is -1.35. The highest BCUT2D eigenvalue weighted by atomic mass is 16.7. The van der Waals surface area contributed by atoms with Crippen molar-refractivity contribution in [1.29, 1.82) is 0 Å². The number of hydrogen-bond acceptors (Lipinski definition) is 17. The van der Waals surface area contributed by atoms with Crippen LogP contribution in [-0.4, -0.2) is 135 Å². The van der Waals surface area contributed by atoms with Crippen molar-refractivity contribution >= 4 is 21.9 Å². The van der Waals surface area contributed by atoms with E-state index < -0.39 is 97.3 Å². The van der Waals surface area contributed by atoms with Gasteiger partial charge in [0, 0.05) is 6.07 Å². The highest BCUT2D eigenvalue weighted by Gasteiger charge is 2.48. The van der Waals surface area contributed by atoms with Crippen LogP contribution < -0.4 is 19.6 Å².